The number of aromatic carboxylic acids is 1. The van der Waals surface area contributed by atoms with Crippen molar-refractivity contribution in [3.8, 4) is 0 Å². The molecule has 0 spiro atoms. The Morgan fingerprint density at radius 3 is 2.57 bits per heavy atom. The van der Waals surface area contributed by atoms with Crippen LogP contribution in [0.2, 0.25) is 5.02 Å². The molecule has 0 saturated carbocycles. The van der Waals surface area contributed by atoms with Gasteiger partial charge in [0.25, 0.3) is 5.91 Å². The van der Waals surface area contributed by atoms with Gasteiger partial charge in [0, 0.05) is 10.6 Å². The van der Waals surface area contributed by atoms with E-state index in [1.54, 1.807) is 0 Å². The number of carbonyl (C=O) groups excluding carboxylic acids is 1. The summed E-state index contributed by atoms with van der Waals surface area (Å²) in [5, 5.41) is 14.2. The molecule has 0 aliphatic carbocycles. The minimum absolute atomic E-state index is 0.0868. The zero-order valence-corrected chi connectivity index (χ0v) is 13.0. The van der Waals surface area contributed by atoms with Crippen LogP contribution >= 0.6 is 23.8 Å². The van der Waals surface area contributed by atoms with Gasteiger partial charge in [-0.05, 0) is 48.6 Å². The molecule has 23 heavy (non-hydrogen) atoms. The molecule has 0 bridgehead atoms. The van der Waals surface area contributed by atoms with Crippen molar-refractivity contribution >= 4 is 46.5 Å². The molecule has 3 N–H and O–H groups in total. The van der Waals surface area contributed by atoms with E-state index in [-0.39, 0.29) is 26.9 Å². The van der Waals surface area contributed by atoms with Crippen LogP contribution in [0.1, 0.15) is 20.7 Å². The van der Waals surface area contributed by atoms with Crippen molar-refractivity contribution in [3.63, 3.8) is 0 Å². The van der Waals surface area contributed by atoms with E-state index in [9.17, 15) is 14.0 Å². The van der Waals surface area contributed by atoms with Gasteiger partial charge in [-0.25, -0.2) is 9.18 Å². The molecular weight excluding hydrogens is 343 g/mol. The number of anilines is 1. The molecule has 0 unspecified atom stereocenters. The first-order valence-electron chi connectivity index (χ1n) is 6.27. The number of amides is 1. The second kappa shape index (κ2) is 7.17. The van der Waals surface area contributed by atoms with Gasteiger partial charge in [-0.15, -0.1) is 0 Å². The molecule has 0 aliphatic rings. The number of hydrogen-bond acceptors (Lipinski definition) is 3. The highest BCUT2D eigenvalue weighted by molar-refractivity contribution is 7.80. The Balaban J connectivity index is 2.11. The molecule has 2 aromatic carbocycles. The third-order valence-electron chi connectivity index (χ3n) is 2.77. The molecule has 0 saturated heterocycles. The van der Waals surface area contributed by atoms with Gasteiger partial charge in [-0.2, -0.15) is 0 Å². The van der Waals surface area contributed by atoms with E-state index >= 15 is 0 Å². The average Bonchev–Trinajstić information content (AvgIpc) is 2.48. The van der Waals surface area contributed by atoms with Gasteiger partial charge in [0.05, 0.1) is 11.3 Å². The summed E-state index contributed by atoms with van der Waals surface area (Å²) in [5.74, 6) is -2.37. The summed E-state index contributed by atoms with van der Waals surface area (Å²) in [6.07, 6.45) is 0. The lowest BCUT2D eigenvalue weighted by molar-refractivity contribution is 0.0698. The number of carboxylic acids is 1. The van der Waals surface area contributed by atoms with Crippen LogP contribution in [0, 0.1) is 5.82 Å². The molecule has 2 aromatic rings. The van der Waals surface area contributed by atoms with Crippen molar-refractivity contribution in [1.29, 1.82) is 0 Å². The highest BCUT2D eigenvalue weighted by atomic mass is 35.5. The minimum Gasteiger partial charge on any atom is -0.478 e. The van der Waals surface area contributed by atoms with Crippen LogP contribution < -0.4 is 10.6 Å². The minimum atomic E-state index is -1.20. The molecule has 8 heteroatoms. The first kappa shape index (κ1) is 16.9. The number of carbonyl (C=O) groups is 2. The highest BCUT2D eigenvalue weighted by Crippen LogP contribution is 2.20. The van der Waals surface area contributed by atoms with Crippen LogP contribution in [-0.4, -0.2) is 22.1 Å². The Morgan fingerprint density at radius 2 is 1.91 bits per heavy atom. The number of benzene rings is 2. The van der Waals surface area contributed by atoms with Crippen LogP contribution in [0.4, 0.5) is 10.1 Å². The van der Waals surface area contributed by atoms with Gasteiger partial charge < -0.3 is 10.4 Å². The van der Waals surface area contributed by atoms with E-state index < -0.39 is 17.7 Å². The first-order chi connectivity index (χ1) is 10.9. The Labute approximate surface area is 141 Å². The molecule has 5 nitrogen and oxygen atoms in total. The standard InChI is InChI=1S/C15H10ClFN2O3S/c16-9-4-5-12(11(7-9)14(21)22)18-15(23)19-13(20)8-2-1-3-10(17)6-8/h1-7H,(H,21,22)(H2,18,19,20,23). The molecule has 0 atom stereocenters. The Bertz CT molecular complexity index is 798. The van der Waals surface area contributed by atoms with Crippen LogP contribution in [0.25, 0.3) is 0 Å². The van der Waals surface area contributed by atoms with Crippen molar-refractivity contribution < 1.29 is 19.1 Å². The van der Waals surface area contributed by atoms with Gasteiger partial charge in [0.2, 0.25) is 0 Å². The molecular formula is C15H10ClFN2O3S. The zero-order valence-electron chi connectivity index (χ0n) is 11.5. The Hall–Kier alpha value is -2.51. The monoisotopic (exact) mass is 352 g/mol. The van der Waals surface area contributed by atoms with E-state index in [0.29, 0.717) is 0 Å². The Kier molecular flexibility index (Phi) is 5.25. The van der Waals surface area contributed by atoms with Gasteiger partial charge in [0.1, 0.15) is 5.82 Å². The van der Waals surface area contributed by atoms with Crippen LogP contribution in [0.15, 0.2) is 42.5 Å². The smallest absolute Gasteiger partial charge is 0.337 e. The number of halogens is 2. The SMILES string of the molecule is O=C(NC(=S)Nc1ccc(Cl)cc1C(=O)O)c1cccc(F)c1. The van der Waals surface area contributed by atoms with Gasteiger partial charge in [-0.3, -0.25) is 10.1 Å². The number of thiocarbonyl (C=S) groups is 1. The van der Waals surface area contributed by atoms with Gasteiger partial charge in [-0.1, -0.05) is 17.7 Å². The normalized spacial score (nSPS) is 10.0. The fraction of sp³-hybridized carbons (Fsp3) is 0. The highest BCUT2D eigenvalue weighted by Gasteiger charge is 2.14. The van der Waals surface area contributed by atoms with E-state index in [0.717, 1.165) is 6.07 Å². The molecule has 0 aromatic heterocycles. The number of hydrogen-bond donors (Lipinski definition) is 3. The largest absolute Gasteiger partial charge is 0.478 e. The predicted octanol–water partition coefficient (Wildman–Crippen LogP) is 3.30. The maximum Gasteiger partial charge on any atom is 0.337 e. The lowest BCUT2D eigenvalue weighted by Gasteiger charge is -2.12. The summed E-state index contributed by atoms with van der Waals surface area (Å²) in [6.45, 7) is 0. The quantitative estimate of drug-likeness (QED) is 0.739. The lowest BCUT2D eigenvalue weighted by Crippen LogP contribution is -2.34. The summed E-state index contributed by atoms with van der Waals surface area (Å²) < 4.78 is 13.1. The Morgan fingerprint density at radius 1 is 1.17 bits per heavy atom. The molecule has 0 aliphatic heterocycles. The van der Waals surface area contributed by atoms with Gasteiger partial charge >= 0.3 is 5.97 Å². The molecule has 2 rings (SSSR count). The third-order valence-corrected chi connectivity index (χ3v) is 3.21. The number of nitrogens with one attached hydrogen (secondary N) is 2. The van der Waals surface area contributed by atoms with Crippen LogP contribution in [0.3, 0.4) is 0 Å². The van der Waals surface area contributed by atoms with E-state index in [4.69, 9.17) is 28.9 Å². The van der Waals surface area contributed by atoms with E-state index in [2.05, 4.69) is 10.6 Å². The molecule has 0 radical (unpaired) electrons. The second-order valence-corrected chi connectivity index (χ2v) is 5.26. The predicted molar refractivity (Wildman–Crippen MR) is 88.5 cm³/mol. The second-order valence-electron chi connectivity index (χ2n) is 4.41. The summed E-state index contributed by atoms with van der Waals surface area (Å²) in [4.78, 5) is 23.1. The maximum atomic E-state index is 13.1. The van der Waals surface area contributed by atoms with Crippen LogP contribution in [-0.2, 0) is 0 Å². The summed E-state index contributed by atoms with van der Waals surface area (Å²) in [7, 11) is 0. The fourth-order valence-electron chi connectivity index (χ4n) is 1.76. The van der Waals surface area contributed by atoms with Crippen molar-refractivity contribution in [1.82, 2.24) is 5.32 Å². The first-order valence-corrected chi connectivity index (χ1v) is 7.06. The fourth-order valence-corrected chi connectivity index (χ4v) is 2.14. The topological polar surface area (TPSA) is 78.4 Å². The lowest BCUT2D eigenvalue weighted by atomic mass is 10.2. The van der Waals surface area contributed by atoms with E-state index in [1.807, 2.05) is 0 Å². The summed E-state index contributed by atoms with van der Waals surface area (Å²) in [5.41, 5.74) is 0.162. The number of rotatable bonds is 3. The molecule has 0 fully saturated rings. The summed E-state index contributed by atoms with van der Waals surface area (Å²) >= 11 is 10.7. The van der Waals surface area contributed by atoms with Gasteiger partial charge in [0.15, 0.2) is 5.11 Å². The molecule has 1 amide bonds. The average molecular weight is 353 g/mol. The van der Waals surface area contributed by atoms with Crippen molar-refractivity contribution in [2.45, 2.75) is 0 Å². The van der Waals surface area contributed by atoms with Crippen molar-refractivity contribution in [3.05, 3.63) is 64.4 Å². The van der Waals surface area contributed by atoms with E-state index in [1.165, 1.54) is 36.4 Å². The van der Waals surface area contributed by atoms with Crippen molar-refractivity contribution in [2.24, 2.45) is 0 Å². The van der Waals surface area contributed by atoms with Crippen molar-refractivity contribution in [2.75, 3.05) is 5.32 Å². The molecule has 0 heterocycles. The molecule has 118 valence electrons. The maximum absolute atomic E-state index is 13.1. The third kappa shape index (κ3) is 4.48. The summed E-state index contributed by atoms with van der Waals surface area (Å²) in [6, 6.07) is 9.24. The zero-order chi connectivity index (χ0) is 17.0. The van der Waals surface area contributed by atoms with Crippen LogP contribution in [0.5, 0.6) is 0 Å². The number of carboxylic acid groups (broad SMARTS) is 1.